The highest BCUT2D eigenvalue weighted by molar-refractivity contribution is 6.30. The van der Waals surface area contributed by atoms with Crippen molar-refractivity contribution in [1.82, 2.24) is 9.97 Å². The summed E-state index contributed by atoms with van der Waals surface area (Å²) in [5.41, 5.74) is 0.962. The number of H-pyrrole nitrogens is 1. The Labute approximate surface area is 109 Å². The highest BCUT2D eigenvalue weighted by atomic mass is 35.5. The van der Waals surface area contributed by atoms with E-state index < -0.39 is 0 Å². The van der Waals surface area contributed by atoms with Gasteiger partial charge in [-0.25, -0.2) is 9.38 Å². The van der Waals surface area contributed by atoms with Gasteiger partial charge in [0.25, 0.3) is 0 Å². The van der Waals surface area contributed by atoms with Gasteiger partial charge in [-0.2, -0.15) is 0 Å². The third-order valence-corrected chi connectivity index (χ3v) is 2.80. The minimum Gasteiger partial charge on any atom is -0.486 e. The van der Waals surface area contributed by atoms with E-state index in [0.717, 1.165) is 17.2 Å². The molecule has 0 unspecified atom stereocenters. The smallest absolute Gasteiger partial charge is 0.401 e. The second-order valence-electron chi connectivity index (χ2n) is 3.87. The van der Waals surface area contributed by atoms with Gasteiger partial charge in [-0.3, -0.25) is 0 Å². The average Bonchev–Trinajstić information content (AvgIpc) is 2.81. The van der Waals surface area contributed by atoms with Crippen LogP contribution in [0.15, 0.2) is 48.9 Å². The van der Waals surface area contributed by atoms with Crippen molar-refractivity contribution < 1.29 is 9.14 Å². The van der Waals surface area contributed by atoms with Crippen molar-refractivity contribution in [2.45, 2.75) is 6.61 Å². The van der Waals surface area contributed by atoms with Crippen molar-refractivity contribution >= 4 is 17.4 Å². The number of rotatable bonds is 3. The number of hydrogen-bond donors (Lipinski definition) is 1. The lowest BCUT2D eigenvalue weighted by Gasteiger charge is -2.02. The van der Waals surface area contributed by atoms with Crippen LogP contribution in [-0.2, 0) is 6.61 Å². The number of aromatic nitrogens is 3. The van der Waals surface area contributed by atoms with Crippen LogP contribution < -0.4 is 9.14 Å². The van der Waals surface area contributed by atoms with E-state index in [9.17, 15) is 0 Å². The van der Waals surface area contributed by atoms with Crippen LogP contribution in [-0.4, -0.2) is 9.97 Å². The van der Waals surface area contributed by atoms with Crippen LogP contribution in [0.1, 0.15) is 5.69 Å². The number of nitrogens with one attached hydrogen (secondary N) is 1. The summed E-state index contributed by atoms with van der Waals surface area (Å²) in [7, 11) is 0. The number of aromatic amines is 1. The van der Waals surface area contributed by atoms with E-state index in [2.05, 4.69) is 9.97 Å². The van der Waals surface area contributed by atoms with Crippen LogP contribution in [0.3, 0.4) is 0 Å². The van der Waals surface area contributed by atoms with Gasteiger partial charge in [0.2, 0.25) is 0 Å². The van der Waals surface area contributed by atoms with E-state index in [1.807, 2.05) is 35.0 Å². The Morgan fingerprint density at radius 3 is 2.89 bits per heavy atom. The Morgan fingerprint density at radius 1 is 1.28 bits per heavy atom. The predicted octanol–water partition coefficient (Wildman–Crippen LogP) is 2.38. The first-order valence-corrected chi connectivity index (χ1v) is 5.91. The second kappa shape index (κ2) is 4.66. The molecule has 90 valence electrons. The summed E-state index contributed by atoms with van der Waals surface area (Å²) in [4.78, 5) is 7.38. The molecule has 0 spiro atoms. The molecule has 4 nitrogen and oxygen atoms in total. The van der Waals surface area contributed by atoms with Crippen LogP contribution in [0, 0.1) is 0 Å². The van der Waals surface area contributed by atoms with Crippen LogP contribution in [0.4, 0.5) is 0 Å². The quantitative estimate of drug-likeness (QED) is 0.735. The Hall–Kier alpha value is -2.07. The molecule has 0 saturated carbocycles. The monoisotopic (exact) mass is 260 g/mol. The minimum absolute atomic E-state index is 0.463. The van der Waals surface area contributed by atoms with Crippen molar-refractivity contribution in [3.8, 4) is 5.75 Å². The fraction of sp³-hybridized carbons (Fsp3) is 0.0769. The van der Waals surface area contributed by atoms with Gasteiger partial charge in [0.15, 0.2) is 0 Å². The van der Waals surface area contributed by atoms with Gasteiger partial charge in [-0.15, -0.1) is 0 Å². The lowest BCUT2D eigenvalue weighted by atomic mass is 10.3. The first-order chi connectivity index (χ1) is 8.81. The molecule has 5 heteroatoms. The molecule has 0 saturated heterocycles. The average molecular weight is 261 g/mol. The normalized spacial score (nSPS) is 10.7. The number of hydrogen-bond acceptors (Lipinski definition) is 2. The Kier molecular flexibility index (Phi) is 2.86. The van der Waals surface area contributed by atoms with Crippen LogP contribution in [0.5, 0.6) is 5.75 Å². The maximum atomic E-state index is 5.81. The van der Waals surface area contributed by atoms with Crippen molar-refractivity contribution in [2.75, 3.05) is 0 Å². The standard InChI is InChI=1S/C13H10ClN3O/c14-10-2-4-12(5-3-10)18-9-11-8-17-7-1-6-15-13(17)16-11/h1-8H,9H2/p+1. The number of fused-ring (bicyclic) bond motifs is 1. The van der Waals surface area contributed by atoms with Gasteiger partial charge in [0, 0.05) is 11.1 Å². The summed E-state index contributed by atoms with van der Waals surface area (Å²) in [6.07, 6.45) is 5.64. The first kappa shape index (κ1) is 11.0. The lowest BCUT2D eigenvalue weighted by Crippen LogP contribution is -2.17. The number of imidazole rings is 1. The van der Waals surface area contributed by atoms with Crippen molar-refractivity contribution in [1.29, 1.82) is 0 Å². The minimum atomic E-state index is 0.463. The molecule has 0 atom stereocenters. The summed E-state index contributed by atoms with van der Waals surface area (Å²) in [6, 6.07) is 9.17. The fourth-order valence-corrected chi connectivity index (χ4v) is 1.82. The summed E-state index contributed by atoms with van der Waals surface area (Å²) < 4.78 is 7.56. The molecule has 0 fully saturated rings. The van der Waals surface area contributed by atoms with Gasteiger partial charge in [-0.1, -0.05) is 16.6 Å². The van der Waals surface area contributed by atoms with E-state index in [1.54, 1.807) is 18.3 Å². The van der Waals surface area contributed by atoms with Crippen LogP contribution in [0.2, 0.25) is 5.02 Å². The van der Waals surface area contributed by atoms with E-state index in [-0.39, 0.29) is 0 Å². The molecule has 0 amide bonds. The summed E-state index contributed by atoms with van der Waals surface area (Å²) >= 11 is 5.81. The highest BCUT2D eigenvalue weighted by Crippen LogP contribution is 2.16. The molecule has 18 heavy (non-hydrogen) atoms. The van der Waals surface area contributed by atoms with Crippen molar-refractivity contribution in [3.63, 3.8) is 0 Å². The molecule has 1 aromatic carbocycles. The molecule has 0 aliphatic carbocycles. The van der Waals surface area contributed by atoms with Gasteiger partial charge in [0.1, 0.15) is 30.4 Å². The summed E-state index contributed by atoms with van der Waals surface area (Å²) in [5, 5.41) is 0.702. The molecule has 3 rings (SSSR count). The first-order valence-electron chi connectivity index (χ1n) is 5.53. The lowest BCUT2D eigenvalue weighted by molar-refractivity contribution is -0.513. The number of halogens is 1. The highest BCUT2D eigenvalue weighted by Gasteiger charge is 2.08. The number of benzene rings is 1. The molecular weight excluding hydrogens is 250 g/mol. The Bertz CT molecular complexity index is 630. The fourth-order valence-electron chi connectivity index (χ4n) is 1.69. The Balaban J connectivity index is 1.74. The van der Waals surface area contributed by atoms with E-state index in [1.165, 1.54) is 0 Å². The topological polar surface area (TPSA) is 42.0 Å². The summed E-state index contributed by atoms with van der Waals surface area (Å²) in [5.74, 6) is 1.59. The third-order valence-electron chi connectivity index (χ3n) is 2.55. The van der Waals surface area contributed by atoms with Crippen LogP contribution in [0.25, 0.3) is 5.78 Å². The largest absolute Gasteiger partial charge is 0.486 e. The van der Waals surface area contributed by atoms with E-state index in [4.69, 9.17) is 16.3 Å². The molecule has 0 aliphatic heterocycles. The number of nitrogens with zero attached hydrogens (tertiary/aromatic N) is 2. The molecule has 3 aromatic rings. The molecule has 0 radical (unpaired) electrons. The zero-order chi connectivity index (χ0) is 12.4. The van der Waals surface area contributed by atoms with Gasteiger partial charge >= 0.3 is 5.78 Å². The van der Waals surface area contributed by atoms with Gasteiger partial charge in [0.05, 0.1) is 6.20 Å². The molecule has 1 N–H and O–H groups in total. The molecule has 0 aliphatic rings. The van der Waals surface area contributed by atoms with Crippen molar-refractivity contribution in [2.24, 2.45) is 0 Å². The predicted molar refractivity (Wildman–Crippen MR) is 67.5 cm³/mol. The van der Waals surface area contributed by atoms with Gasteiger partial charge in [-0.05, 0) is 24.3 Å². The van der Waals surface area contributed by atoms with Crippen molar-refractivity contribution in [3.05, 3.63) is 59.6 Å². The van der Waals surface area contributed by atoms with E-state index >= 15 is 0 Å². The molecule has 2 aromatic heterocycles. The van der Waals surface area contributed by atoms with E-state index in [0.29, 0.717) is 11.6 Å². The van der Waals surface area contributed by atoms with Crippen LogP contribution >= 0.6 is 11.6 Å². The maximum Gasteiger partial charge on any atom is 0.401 e. The summed E-state index contributed by atoms with van der Waals surface area (Å²) in [6.45, 7) is 0.463. The Morgan fingerprint density at radius 2 is 2.11 bits per heavy atom. The third kappa shape index (κ3) is 2.28. The second-order valence-corrected chi connectivity index (χ2v) is 4.31. The molecule has 2 heterocycles. The van der Waals surface area contributed by atoms with Gasteiger partial charge < -0.3 is 4.74 Å². The zero-order valence-electron chi connectivity index (χ0n) is 9.51. The SMILES string of the molecule is Clc1ccc(OCc2c[n+]3cccnc3[nH]2)cc1. The zero-order valence-corrected chi connectivity index (χ0v) is 10.3. The molecular formula is C13H11ClN3O+. The maximum absolute atomic E-state index is 5.81. The number of ether oxygens (including phenoxy) is 1. The molecule has 0 bridgehead atoms.